The number of hydrogen-bond acceptors (Lipinski definition) is 2. The Bertz CT molecular complexity index is 337. The Morgan fingerprint density at radius 2 is 2.12 bits per heavy atom. The van der Waals surface area contributed by atoms with Crippen LogP contribution in [0.15, 0.2) is 24.3 Å². The number of nitrogens with one attached hydrogen (secondary N) is 1. The van der Waals surface area contributed by atoms with Gasteiger partial charge in [0, 0.05) is 12.6 Å². The first-order valence-corrected chi connectivity index (χ1v) is 6.23. The molecule has 0 spiro atoms. The fraction of sp³-hybridized carbons (Fsp3) is 0.571. The van der Waals surface area contributed by atoms with Gasteiger partial charge < -0.3 is 10.4 Å². The molecule has 1 saturated carbocycles. The Morgan fingerprint density at radius 1 is 1.31 bits per heavy atom. The maximum absolute atomic E-state index is 9.84. The molecule has 0 heterocycles. The van der Waals surface area contributed by atoms with Crippen LogP contribution in [0, 0.1) is 6.92 Å². The molecule has 2 N–H and O–H groups in total. The number of rotatable bonds is 3. The average Bonchev–Trinajstić information content (AvgIpc) is 2.28. The van der Waals surface area contributed by atoms with E-state index in [0.717, 1.165) is 19.4 Å². The van der Waals surface area contributed by atoms with Crippen molar-refractivity contribution >= 4 is 0 Å². The minimum Gasteiger partial charge on any atom is -0.392 e. The molecule has 16 heavy (non-hydrogen) atoms. The van der Waals surface area contributed by atoms with Crippen LogP contribution in [0.5, 0.6) is 0 Å². The van der Waals surface area contributed by atoms with Crippen molar-refractivity contribution in [1.29, 1.82) is 0 Å². The number of aryl methyl sites for hydroxylation is 1. The summed E-state index contributed by atoms with van der Waals surface area (Å²) in [6.07, 6.45) is 4.31. The van der Waals surface area contributed by atoms with Crippen LogP contribution in [0.2, 0.25) is 0 Å². The second kappa shape index (κ2) is 5.46. The zero-order chi connectivity index (χ0) is 11.4. The Hall–Kier alpha value is -0.860. The van der Waals surface area contributed by atoms with Crippen molar-refractivity contribution in [2.24, 2.45) is 0 Å². The van der Waals surface area contributed by atoms with Gasteiger partial charge in [-0.15, -0.1) is 0 Å². The molecule has 0 radical (unpaired) electrons. The lowest BCUT2D eigenvalue weighted by atomic mass is 9.92. The van der Waals surface area contributed by atoms with Gasteiger partial charge in [0.05, 0.1) is 6.10 Å². The third kappa shape index (κ3) is 3.06. The fourth-order valence-corrected chi connectivity index (χ4v) is 2.42. The quantitative estimate of drug-likeness (QED) is 0.818. The van der Waals surface area contributed by atoms with Gasteiger partial charge in [-0.2, -0.15) is 0 Å². The molecular weight excluding hydrogens is 198 g/mol. The highest BCUT2D eigenvalue weighted by Crippen LogP contribution is 2.18. The maximum atomic E-state index is 9.84. The largest absolute Gasteiger partial charge is 0.392 e. The molecule has 0 amide bonds. The van der Waals surface area contributed by atoms with Crippen molar-refractivity contribution in [2.75, 3.05) is 0 Å². The van der Waals surface area contributed by atoms with Crippen molar-refractivity contribution in [3.8, 4) is 0 Å². The molecule has 1 aliphatic rings. The van der Waals surface area contributed by atoms with E-state index in [1.807, 2.05) is 0 Å². The highest BCUT2D eigenvalue weighted by molar-refractivity contribution is 5.22. The smallest absolute Gasteiger partial charge is 0.0693 e. The Morgan fingerprint density at radius 3 is 2.88 bits per heavy atom. The van der Waals surface area contributed by atoms with E-state index in [2.05, 4.69) is 36.5 Å². The molecule has 0 aliphatic heterocycles. The number of aliphatic hydroxyl groups is 1. The van der Waals surface area contributed by atoms with E-state index in [9.17, 15) is 5.11 Å². The molecule has 0 saturated heterocycles. The first-order valence-electron chi connectivity index (χ1n) is 6.23. The van der Waals surface area contributed by atoms with Gasteiger partial charge in [0.2, 0.25) is 0 Å². The number of benzene rings is 1. The van der Waals surface area contributed by atoms with Crippen molar-refractivity contribution in [3.05, 3.63) is 35.4 Å². The van der Waals surface area contributed by atoms with Crippen molar-refractivity contribution in [3.63, 3.8) is 0 Å². The molecule has 1 fully saturated rings. The molecule has 1 aromatic carbocycles. The lowest BCUT2D eigenvalue weighted by Crippen LogP contribution is -2.41. The molecule has 2 nitrogen and oxygen atoms in total. The number of hydrogen-bond donors (Lipinski definition) is 2. The summed E-state index contributed by atoms with van der Waals surface area (Å²) in [5.41, 5.74) is 2.60. The van der Waals surface area contributed by atoms with Gasteiger partial charge >= 0.3 is 0 Å². The first kappa shape index (κ1) is 11.6. The number of aliphatic hydroxyl groups excluding tert-OH is 1. The fourth-order valence-electron chi connectivity index (χ4n) is 2.42. The summed E-state index contributed by atoms with van der Waals surface area (Å²) in [6.45, 7) is 2.97. The minimum atomic E-state index is -0.154. The molecule has 2 rings (SSSR count). The Kier molecular flexibility index (Phi) is 3.97. The van der Waals surface area contributed by atoms with Gasteiger partial charge in [0.15, 0.2) is 0 Å². The minimum absolute atomic E-state index is 0.154. The molecule has 1 aliphatic carbocycles. The highest BCUT2D eigenvalue weighted by Gasteiger charge is 2.21. The van der Waals surface area contributed by atoms with E-state index in [0.29, 0.717) is 0 Å². The predicted molar refractivity (Wildman–Crippen MR) is 66.3 cm³/mol. The second-order valence-electron chi connectivity index (χ2n) is 4.83. The normalized spacial score (nSPS) is 25.6. The van der Waals surface area contributed by atoms with E-state index in [-0.39, 0.29) is 12.1 Å². The third-order valence-corrected chi connectivity index (χ3v) is 3.38. The first-order chi connectivity index (χ1) is 7.75. The second-order valence-corrected chi connectivity index (χ2v) is 4.83. The summed E-state index contributed by atoms with van der Waals surface area (Å²) in [4.78, 5) is 0. The summed E-state index contributed by atoms with van der Waals surface area (Å²) in [5, 5.41) is 13.3. The monoisotopic (exact) mass is 219 g/mol. The van der Waals surface area contributed by atoms with E-state index in [1.165, 1.54) is 24.0 Å². The third-order valence-electron chi connectivity index (χ3n) is 3.38. The lowest BCUT2D eigenvalue weighted by molar-refractivity contribution is 0.0902. The van der Waals surface area contributed by atoms with Gasteiger partial charge in [0.25, 0.3) is 0 Å². The summed E-state index contributed by atoms with van der Waals surface area (Å²) in [5.74, 6) is 0. The van der Waals surface area contributed by atoms with Crippen LogP contribution < -0.4 is 5.32 Å². The highest BCUT2D eigenvalue weighted by atomic mass is 16.3. The lowest BCUT2D eigenvalue weighted by Gasteiger charge is -2.28. The van der Waals surface area contributed by atoms with Gasteiger partial charge in [-0.1, -0.05) is 42.7 Å². The molecule has 0 unspecified atom stereocenters. The van der Waals surface area contributed by atoms with Crippen molar-refractivity contribution in [2.45, 2.75) is 51.3 Å². The maximum Gasteiger partial charge on any atom is 0.0693 e. The molecule has 2 heteroatoms. The zero-order valence-corrected chi connectivity index (χ0v) is 9.95. The standard InChI is InChI=1S/C14H21NO/c1-11-5-4-6-12(9-11)10-15-13-7-2-3-8-14(13)16/h4-6,9,13-16H,2-3,7-8,10H2,1H3/t13-,14-/m1/s1. The van der Waals surface area contributed by atoms with Gasteiger partial charge in [0.1, 0.15) is 0 Å². The molecular formula is C14H21NO. The van der Waals surface area contributed by atoms with Crippen LogP contribution in [0.3, 0.4) is 0 Å². The van der Waals surface area contributed by atoms with E-state index in [4.69, 9.17) is 0 Å². The average molecular weight is 219 g/mol. The van der Waals surface area contributed by atoms with E-state index < -0.39 is 0 Å². The Balaban J connectivity index is 1.86. The summed E-state index contributed by atoms with van der Waals surface area (Å²) >= 11 is 0. The van der Waals surface area contributed by atoms with Crippen LogP contribution in [-0.2, 0) is 6.54 Å². The van der Waals surface area contributed by atoms with Gasteiger partial charge in [-0.25, -0.2) is 0 Å². The summed E-state index contributed by atoms with van der Waals surface area (Å²) in [6, 6.07) is 8.81. The van der Waals surface area contributed by atoms with Gasteiger partial charge in [-0.3, -0.25) is 0 Å². The topological polar surface area (TPSA) is 32.3 Å². The van der Waals surface area contributed by atoms with Crippen LogP contribution in [0.25, 0.3) is 0 Å². The van der Waals surface area contributed by atoms with Crippen LogP contribution in [0.4, 0.5) is 0 Å². The Labute approximate surface area is 97.7 Å². The predicted octanol–water partition coefficient (Wildman–Crippen LogP) is 2.39. The molecule has 0 bridgehead atoms. The van der Waals surface area contributed by atoms with Crippen LogP contribution >= 0.6 is 0 Å². The van der Waals surface area contributed by atoms with Crippen molar-refractivity contribution < 1.29 is 5.11 Å². The van der Waals surface area contributed by atoms with Crippen LogP contribution in [0.1, 0.15) is 36.8 Å². The molecule has 88 valence electrons. The molecule has 2 atom stereocenters. The van der Waals surface area contributed by atoms with E-state index >= 15 is 0 Å². The summed E-state index contributed by atoms with van der Waals surface area (Å²) in [7, 11) is 0. The van der Waals surface area contributed by atoms with Gasteiger partial charge in [-0.05, 0) is 25.3 Å². The van der Waals surface area contributed by atoms with E-state index in [1.54, 1.807) is 0 Å². The molecule has 1 aromatic rings. The van der Waals surface area contributed by atoms with Crippen molar-refractivity contribution in [1.82, 2.24) is 5.32 Å². The SMILES string of the molecule is Cc1cccc(CN[C@@H]2CCCC[C@H]2O)c1. The molecule has 0 aromatic heterocycles. The summed E-state index contributed by atoms with van der Waals surface area (Å²) < 4.78 is 0. The van der Waals surface area contributed by atoms with Crippen LogP contribution in [-0.4, -0.2) is 17.3 Å². The zero-order valence-electron chi connectivity index (χ0n) is 9.95.